The van der Waals surface area contributed by atoms with Gasteiger partial charge in [-0.05, 0) is 18.5 Å². The minimum Gasteiger partial charge on any atom is -0.353 e. The summed E-state index contributed by atoms with van der Waals surface area (Å²) in [7, 11) is 0. The Bertz CT molecular complexity index is 408. The number of aliphatic imine (C=N–C) groups is 1. The second-order valence-corrected chi connectivity index (χ2v) is 4.74. The van der Waals surface area contributed by atoms with E-state index < -0.39 is 0 Å². The molecular weight excluding hydrogens is 252 g/mol. The minimum absolute atomic E-state index is 0.579. The zero-order valence-electron chi connectivity index (χ0n) is 12.1. The van der Waals surface area contributed by atoms with E-state index >= 15 is 0 Å². The van der Waals surface area contributed by atoms with Crippen molar-refractivity contribution in [3.05, 3.63) is 35.9 Å². The number of hydrogen-bond acceptors (Lipinski definition) is 5. The van der Waals surface area contributed by atoms with Gasteiger partial charge in [0.1, 0.15) is 6.61 Å². The second-order valence-electron chi connectivity index (χ2n) is 4.74. The van der Waals surface area contributed by atoms with Crippen LogP contribution in [0.3, 0.4) is 0 Å². The number of rotatable bonds is 8. The third-order valence-electron chi connectivity index (χ3n) is 3.04. The number of nitrogens with zero attached hydrogens (tertiary/aromatic N) is 2. The summed E-state index contributed by atoms with van der Waals surface area (Å²) >= 11 is 0. The quantitative estimate of drug-likeness (QED) is 0.704. The maximum absolute atomic E-state index is 5.80. The summed E-state index contributed by atoms with van der Waals surface area (Å²) in [6.45, 7) is 7.22. The van der Waals surface area contributed by atoms with Crippen molar-refractivity contribution in [3.63, 3.8) is 0 Å². The van der Waals surface area contributed by atoms with E-state index in [1.54, 1.807) is 0 Å². The third-order valence-corrected chi connectivity index (χ3v) is 3.04. The van der Waals surface area contributed by atoms with Gasteiger partial charge in [-0.2, -0.15) is 0 Å². The van der Waals surface area contributed by atoms with E-state index in [1.165, 1.54) is 5.56 Å². The van der Waals surface area contributed by atoms with Gasteiger partial charge in [0.2, 0.25) is 5.96 Å². The second kappa shape index (κ2) is 8.55. The lowest BCUT2D eigenvalue weighted by Gasteiger charge is -2.20. The van der Waals surface area contributed by atoms with Crippen molar-refractivity contribution in [2.24, 2.45) is 4.99 Å². The van der Waals surface area contributed by atoms with Gasteiger partial charge in [0.05, 0.1) is 13.1 Å². The molecule has 1 aliphatic rings. The fourth-order valence-corrected chi connectivity index (χ4v) is 1.99. The van der Waals surface area contributed by atoms with E-state index in [9.17, 15) is 0 Å². The van der Waals surface area contributed by atoms with Gasteiger partial charge in [-0.25, -0.2) is 10.1 Å². The number of guanidine groups is 1. The maximum atomic E-state index is 5.80. The zero-order valence-corrected chi connectivity index (χ0v) is 12.1. The molecule has 5 heteroatoms. The van der Waals surface area contributed by atoms with Crippen LogP contribution in [0.25, 0.3) is 0 Å². The molecule has 1 heterocycles. The van der Waals surface area contributed by atoms with Gasteiger partial charge in [0.25, 0.3) is 0 Å². The van der Waals surface area contributed by atoms with Crippen molar-refractivity contribution in [2.75, 3.05) is 32.7 Å². The molecule has 1 aromatic rings. The molecule has 0 aliphatic carbocycles. The van der Waals surface area contributed by atoms with Gasteiger partial charge < -0.3 is 10.6 Å². The van der Waals surface area contributed by atoms with Crippen LogP contribution in [0.15, 0.2) is 35.3 Å². The van der Waals surface area contributed by atoms with E-state index in [0.29, 0.717) is 6.61 Å². The predicted octanol–water partition coefficient (Wildman–Crippen LogP) is 1.38. The predicted molar refractivity (Wildman–Crippen MR) is 81.4 cm³/mol. The van der Waals surface area contributed by atoms with Crippen molar-refractivity contribution >= 4 is 5.96 Å². The highest BCUT2D eigenvalue weighted by molar-refractivity contribution is 5.80. The van der Waals surface area contributed by atoms with Crippen molar-refractivity contribution in [1.29, 1.82) is 0 Å². The van der Waals surface area contributed by atoms with Crippen LogP contribution in [-0.2, 0) is 11.4 Å². The first-order chi connectivity index (χ1) is 9.90. The minimum atomic E-state index is 0.579. The molecule has 0 unspecified atom stereocenters. The van der Waals surface area contributed by atoms with E-state index in [0.717, 1.165) is 45.1 Å². The van der Waals surface area contributed by atoms with Crippen LogP contribution < -0.4 is 10.6 Å². The summed E-state index contributed by atoms with van der Waals surface area (Å²) in [6, 6.07) is 10.2. The molecule has 5 nitrogen and oxygen atoms in total. The van der Waals surface area contributed by atoms with Gasteiger partial charge in [0, 0.05) is 13.1 Å². The Labute approximate surface area is 121 Å². The standard InChI is InChI=1S/C15H24N4O/c1-2-8-16-9-10-17-15-18-11-12-19(15)20-13-14-6-4-3-5-7-14/h3-7,16H,2,8-13H2,1H3,(H,17,18). The molecule has 20 heavy (non-hydrogen) atoms. The zero-order chi connectivity index (χ0) is 14.0. The number of hydroxylamine groups is 2. The maximum Gasteiger partial charge on any atom is 0.218 e. The Morgan fingerprint density at radius 3 is 2.85 bits per heavy atom. The van der Waals surface area contributed by atoms with Crippen molar-refractivity contribution < 1.29 is 4.84 Å². The van der Waals surface area contributed by atoms with Gasteiger partial charge in [-0.3, -0.25) is 4.84 Å². The lowest BCUT2D eigenvalue weighted by molar-refractivity contribution is -0.105. The van der Waals surface area contributed by atoms with Gasteiger partial charge in [0.15, 0.2) is 0 Å². The summed E-state index contributed by atoms with van der Waals surface area (Å²) in [5, 5.41) is 8.52. The fraction of sp³-hybridized carbons (Fsp3) is 0.533. The highest BCUT2D eigenvalue weighted by Gasteiger charge is 2.17. The Morgan fingerprint density at radius 2 is 2.05 bits per heavy atom. The van der Waals surface area contributed by atoms with Crippen LogP contribution in [0.1, 0.15) is 18.9 Å². The van der Waals surface area contributed by atoms with Crippen LogP contribution in [0, 0.1) is 0 Å². The Hall–Kier alpha value is -1.59. The summed E-state index contributed by atoms with van der Waals surface area (Å²) in [6.07, 6.45) is 1.16. The molecule has 0 spiro atoms. The topological polar surface area (TPSA) is 48.9 Å². The Balaban J connectivity index is 1.68. The van der Waals surface area contributed by atoms with E-state index in [4.69, 9.17) is 4.84 Å². The van der Waals surface area contributed by atoms with Crippen molar-refractivity contribution in [3.8, 4) is 0 Å². The average molecular weight is 276 g/mol. The molecule has 2 N–H and O–H groups in total. The average Bonchev–Trinajstić information content (AvgIpc) is 2.93. The molecule has 110 valence electrons. The molecule has 0 saturated carbocycles. The first-order valence-corrected chi connectivity index (χ1v) is 7.33. The van der Waals surface area contributed by atoms with Crippen molar-refractivity contribution in [2.45, 2.75) is 20.0 Å². The lowest BCUT2D eigenvalue weighted by Crippen LogP contribution is -2.41. The molecule has 0 aromatic heterocycles. The Morgan fingerprint density at radius 1 is 1.20 bits per heavy atom. The summed E-state index contributed by atoms with van der Waals surface area (Å²) in [4.78, 5) is 10.2. The van der Waals surface area contributed by atoms with E-state index in [-0.39, 0.29) is 0 Å². The fourth-order valence-electron chi connectivity index (χ4n) is 1.99. The first kappa shape index (κ1) is 14.8. The lowest BCUT2D eigenvalue weighted by atomic mass is 10.2. The smallest absolute Gasteiger partial charge is 0.218 e. The van der Waals surface area contributed by atoms with Crippen LogP contribution in [0.5, 0.6) is 0 Å². The first-order valence-electron chi connectivity index (χ1n) is 7.33. The molecule has 2 rings (SSSR count). The highest BCUT2D eigenvalue weighted by Crippen LogP contribution is 2.06. The highest BCUT2D eigenvalue weighted by atomic mass is 16.7. The van der Waals surface area contributed by atoms with Gasteiger partial charge in [-0.15, -0.1) is 0 Å². The molecular formula is C15H24N4O. The number of benzene rings is 1. The largest absolute Gasteiger partial charge is 0.353 e. The number of hydrogen-bond donors (Lipinski definition) is 2. The summed E-state index contributed by atoms with van der Waals surface area (Å²) in [5.74, 6) is 0.847. The van der Waals surface area contributed by atoms with E-state index in [1.807, 2.05) is 23.3 Å². The van der Waals surface area contributed by atoms with Crippen LogP contribution in [0.4, 0.5) is 0 Å². The Kier molecular flexibility index (Phi) is 6.34. The normalized spacial score (nSPS) is 14.4. The molecule has 0 amide bonds. The van der Waals surface area contributed by atoms with Crippen molar-refractivity contribution in [1.82, 2.24) is 15.7 Å². The summed E-state index contributed by atoms with van der Waals surface area (Å²) < 4.78 is 0. The van der Waals surface area contributed by atoms with Gasteiger partial charge in [-0.1, -0.05) is 37.3 Å². The molecule has 0 atom stereocenters. The van der Waals surface area contributed by atoms with Gasteiger partial charge >= 0.3 is 0 Å². The van der Waals surface area contributed by atoms with E-state index in [2.05, 4.69) is 34.7 Å². The van der Waals surface area contributed by atoms with Crippen LogP contribution >= 0.6 is 0 Å². The SMILES string of the molecule is CCCNCCNC1=NCCN1OCc1ccccc1. The molecule has 0 fully saturated rings. The summed E-state index contributed by atoms with van der Waals surface area (Å²) in [5.41, 5.74) is 1.17. The third kappa shape index (κ3) is 4.83. The molecule has 0 bridgehead atoms. The molecule has 0 radical (unpaired) electrons. The monoisotopic (exact) mass is 276 g/mol. The van der Waals surface area contributed by atoms with Crippen LogP contribution in [0.2, 0.25) is 0 Å². The molecule has 0 saturated heterocycles. The number of nitrogens with one attached hydrogen (secondary N) is 2. The molecule has 1 aliphatic heterocycles. The van der Waals surface area contributed by atoms with Crippen LogP contribution in [-0.4, -0.2) is 43.7 Å². The molecule has 1 aromatic carbocycles.